The topological polar surface area (TPSA) is 134 Å². The van der Waals surface area contributed by atoms with E-state index in [0.29, 0.717) is 25.4 Å². The molecule has 4 atom stereocenters. The minimum atomic E-state index is -1.19. The van der Waals surface area contributed by atoms with Crippen molar-refractivity contribution in [2.24, 2.45) is 5.73 Å². The predicted octanol–water partition coefficient (Wildman–Crippen LogP) is -0.297. The van der Waals surface area contributed by atoms with Crippen molar-refractivity contribution in [3.8, 4) is 5.75 Å². The molecule has 1 heterocycles. The maximum Gasteiger partial charge on any atom is 0.247 e. The molecule has 3 rings (SSSR count). The first-order valence-corrected chi connectivity index (χ1v) is 10.2. The number of hydrogen-bond acceptors (Lipinski definition) is 7. The molecular weight excluding hydrogens is 390 g/mol. The van der Waals surface area contributed by atoms with Gasteiger partial charge in [-0.25, -0.2) is 0 Å². The number of aliphatic hydroxyl groups is 2. The third kappa shape index (κ3) is 5.29. The van der Waals surface area contributed by atoms with E-state index in [1.165, 1.54) is 6.08 Å². The van der Waals surface area contributed by atoms with E-state index >= 15 is 0 Å². The summed E-state index contributed by atoms with van der Waals surface area (Å²) in [5, 5.41) is 23.2. The van der Waals surface area contributed by atoms with E-state index in [0.717, 1.165) is 18.8 Å². The molecular formula is C21H29N3O6. The lowest BCUT2D eigenvalue weighted by atomic mass is 9.91. The summed E-state index contributed by atoms with van der Waals surface area (Å²) >= 11 is 0. The fraction of sp³-hybridized carbons (Fsp3) is 0.524. The maximum absolute atomic E-state index is 12.5. The highest BCUT2D eigenvalue weighted by Gasteiger charge is 2.35. The van der Waals surface area contributed by atoms with Gasteiger partial charge in [-0.15, -0.1) is 0 Å². The number of benzene rings is 1. The van der Waals surface area contributed by atoms with Crippen LogP contribution in [0.1, 0.15) is 19.8 Å². The second-order valence-corrected chi connectivity index (χ2v) is 7.47. The number of nitrogens with two attached hydrogens (primary N) is 1. The van der Waals surface area contributed by atoms with Crippen molar-refractivity contribution < 1.29 is 29.3 Å². The zero-order chi connectivity index (χ0) is 21.7. The summed E-state index contributed by atoms with van der Waals surface area (Å²) in [6, 6.07) is 6.63. The van der Waals surface area contributed by atoms with Crippen LogP contribution < -0.4 is 20.7 Å². The largest absolute Gasteiger partial charge is 0.483 e. The third-order valence-corrected chi connectivity index (χ3v) is 5.34. The number of ether oxygens (including phenoxy) is 2. The second kappa shape index (κ2) is 9.92. The van der Waals surface area contributed by atoms with Gasteiger partial charge in [-0.2, -0.15) is 0 Å². The number of carbonyl (C=O) groups excluding carboxylic acids is 2. The summed E-state index contributed by atoms with van der Waals surface area (Å²) in [4.78, 5) is 26.1. The van der Waals surface area contributed by atoms with Gasteiger partial charge in [0.2, 0.25) is 11.8 Å². The van der Waals surface area contributed by atoms with Crippen LogP contribution in [-0.2, 0) is 14.3 Å². The average Bonchev–Trinajstić information content (AvgIpc) is 2.75. The maximum atomic E-state index is 12.5. The lowest BCUT2D eigenvalue weighted by Gasteiger charge is -2.32. The SMILES string of the molecule is CCC(NC(=O)C1=CC(Oc2cccc(N3CCOCC3)c2)C(O)C(O)C1)C(N)=O. The molecule has 2 aliphatic rings. The molecule has 1 saturated heterocycles. The van der Waals surface area contributed by atoms with E-state index in [1.54, 1.807) is 13.0 Å². The minimum Gasteiger partial charge on any atom is -0.483 e. The van der Waals surface area contributed by atoms with E-state index in [2.05, 4.69) is 10.2 Å². The molecule has 0 radical (unpaired) electrons. The number of primary amides is 1. The van der Waals surface area contributed by atoms with Crippen molar-refractivity contribution in [1.82, 2.24) is 5.32 Å². The molecule has 9 heteroatoms. The average molecular weight is 419 g/mol. The number of anilines is 1. The predicted molar refractivity (Wildman–Crippen MR) is 110 cm³/mol. The lowest BCUT2D eigenvalue weighted by molar-refractivity contribution is -0.126. The molecule has 0 aromatic heterocycles. The minimum absolute atomic E-state index is 0.0458. The highest BCUT2D eigenvalue weighted by atomic mass is 16.5. The number of rotatable bonds is 7. The molecule has 5 N–H and O–H groups in total. The molecule has 1 aromatic rings. The third-order valence-electron chi connectivity index (χ3n) is 5.34. The van der Waals surface area contributed by atoms with Crippen molar-refractivity contribution in [3.05, 3.63) is 35.9 Å². The van der Waals surface area contributed by atoms with Gasteiger partial charge in [0.25, 0.3) is 0 Å². The van der Waals surface area contributed by atoms with Crippen LogP contribution in [0, 0.1) is 0 Å². The Hall–Kier alpha value is -2.62. The van der Waals surface area contributed by atoms with Crippen molar-refractivity contribution in [2.75, 3.05) is 31.2 Å². The van der Waals surface area contributed by atoms with Crippen molar-refractivity contribution in [2.45, 2.75) is 44.1 Å². The van der Waals surface area contributed by atoms with Gasteiger partial charge < -0.3 is 35.6 Å². The molecule has 1 aliphatic heterocycles. The Morgan fingerprint density at radius 3 is 2.73 bits per heavy atom. The Morgan fingerprint density at radius 1 is 1.33 bits per heavy atom. The van der Waals surface area contributed by atoms with Gasteiger partial charge in [0.15, 0.2) is 0 Å². The van der Waals surface area contributed by atoms with Crippen LogP contribution in [0.4, 0.5) is 5.69 Å². The first kappa shape index (κ1) is 22.1. The van der Waals surface area contributed by atoms with E-state index in [9.17, 15) is 19.8 Å². The fourth-order valence-electron chi connectivity index (χ4n) is 3.56. The molecule has 164 valence electrons. The fourth-order valence-corrected chi connectivity index (χ4v) is 3.56. The van der Waals surface area contributed by atoms with Crippen LogP contribution >= 0.6 is 0 Å². The van der Waals surface area contributed by atoms with Crippen LogP contribution in [0.2, 0.25) is 0 Å². The molecule has 4 unspecified atom stereocenters. The van der Waals surface area contributed by atoms with E-state index < -0.39 is 36.2 Å². The van der Waals surface area contributed by atoms with Crippen LogP contribution in [0.3, 0.4) is 0 Å². The van der Waals surface area contributed by atoms with Gasteiger partial charge in [-0.05, 0) is 24.6 Å². The molecule has 0 bridgehead atoms. The van der Waals surface area contributed by atoms with Crippen molar-refractivity contribution in [1.29, 1.82) is 0 Å². The van der Waals surface area contributed by atoms with E-state index in [1.807, 2.05) is 18.2 Å². The second-order valence-electron chi connectivity index (χ2n) is 7.47. The monoisotopic (exact) mass is 419 g/mol. The van der Waals surface area contributed by atoms with Gasteiger partial charge in [0.05, 0.1) is 19.3 Å². The van der Waals surface area contributed by atoms with Gasteiger partial charge in [0, 0.05) is 36.8 Å². The van der Waals surface area contributed by atoms with Gasteiger partial charge in [0.1, 0.15) is 24.0 Å². The van der Waals surface area contributed by atoms with Crippen molar-refractivity contribution >= 4 is 17.5 Å². The Labute approximate surface area is 175 Å². The zero-order valence-corrected chi connectivity index (χ0v) is 17.0. The number of carbonyl (C=O) groups is 2. The molecule has 1 aromatic carbocycles. The zero-order valence-electron chi connectivity index (χ0n) is 17.0. The van der Waals surface area contributed by atoms with Gasteiger partial charge in [-0.1, -0.05) is 13.0 Å². The van der Waals surface area contributed by atoms with Crippen LogP contribution in [-0.4, -0.2) is 72.7 Å². The number of morpholine rings is 1. The normalized spacial score (nSPS) is 25.2. The number of nitrogens with one attached hydrogen (secondary N) is 1. The number of nitrogens with zero attached hydrogens (tertiary/aromatic N) is 1. The Balaban J connectivity index is 1.74. The quantitative estimate of drug-likeness (QED) is 0.477. The molecule has 1 fully saturated rings. The number of aliphatic hydroxyl groups excluding tert-OH is 2. The van der Waals surface area contributed by atoms with Crippen LogP contribution in [0.15, 0.2) is 35.9 Å². The highest BCUT2D eigenvalue weighted by Crippen LogP contribution is 2.27. The summed E-state index contributed by atoms with van der Waals surface area (Å²) in [6.07, 6.45) is -1.47. The van der Waals surface area contributed by atoms with Crippen LogP contribution in [0.5, 0.6) is 5.75 Å². The molecule has 0 spiro atoms. The summed E-state index contributed by atoms with van der Waals surface area (Å²) < 4.78 is 11.3. The standard InChI is InChI=1S/C21H29N3O6/c1-2-16(20(22)27)23-21(28)13-10-17(25)19(26)18(11-13)30-15-5-3-4-14(12-15)24-6-8-29-9-7-24/h3-5,11-12,16-19,25-26H,2,6-10H2,1H3,(H2,22,27)(H,23,28). The Kier molecular flexibility index (Phi) is 7.30. The first-order valence-electron chi connectivity index (χ1n) is 10.2. The molecule has 30 heavy (non-hydrogen) atoms. The highest BCUT2D eigenvalue weighted by molar-refractivity contribution is 5.97. The smallest absolute Gasteiger partial charge is 0.247 e. The van der Waals surface area contributed by atoms with E-state index in [-0.39, 0.29) is 12.0 Å². The first-order chi connectivity index (χ1) is 14.4. The van der Waals surface area contributed by atoms with E-state index in [4.69, 9.17) is 15.2 Å². The number of hydrogen-bond donors (Lipinski definition) is 4. The summed E-state index contributed by atoms with van der Waals surface area (Å²) in [5.41, 5.74) is 6.49. The molecule has 1 aliphatic carbocycles. The lowest BCUT2D eigenvalue weighted by Crippen LogP contribution is -2.48. The molecule has 0 saturated carbocycles. The summed E-state index contributed by atoms with van der Waals surface area (Å²) in [7, 11) is 0. The Bertz CT molecular complexity index is 793. The number of amides is 2. The van der Waals surface area contributed by atoms with Gasteiger partial charge >= 0.3 is 0 Å². The molecule has 2 amide bonds. The Morgan fingerprint density at radius 2 is 2.07 bits per heavy atom. The summed E-state index contributed by atoms with van der Waals surface area (Å²) in [6.45, 7) is 4.60. The molecule has 9 nitrogen and oxygen atoms in total. The van der Waals surface area contributed by atoms with Crippen molar-refractivity contribution in [3.63, 3.8) is 0 Å². The summed E-state index contributed by atoms with van der Waals surface area (Å²) in [5.74, 6) is -0.630. The van der Waals surface area contributed by atoms with Gasteiger partial charge in [-0.3, -0.25) is 9.59 Å². The van der Waals surface area contributed by atoms with Crippen LogP contribution in [0.25, 0.3) is 0 Å².